The van der Waals surface area contributed by atoms with Gasteiger partial charge in [0.25, 0.3) is 0 Å². The van der Waals surface area contributed by atoms with Crippen molar-refractivity contribution in [2.75, 3.05) is 0 Å². The second-order valence-electron chi connectivity index (χ2n) is 6.08. The maximum atomic E-state index is 3.63. The summed E-state index contributed by atoms with van der Waals surface area (Å²) >= 11 is 0. The number of nitrogens with one attached hydrogen (secondary N) is 1. The van der Waals surface area contributed by atoms with Crippen molar-refractivity contribution in [3.63, 3.8) is 0 Å². The molecular weight excluding hydrogens is 365 g/mol. The molecule has 0 amide bonds. The van der Waals surface area contributed by atoms with Gasteiger partial charge in [-0.1, -0.05) is 52.8 Å². The quantitative estimate of drug-likeness (QED) is 0.455. The number of allylic oxidation sites excluding steroid dienone is 4. The van der Waals surface area contributed by atoms with Crippen molar-refractivity contribution < 1.29 is 46.5 Å². The van der Waals surface area contributed by atoms with Crippen LogP contribution in [0.25, 0.3) is 0 Å². The number of hydrogen-bond acceptors (Lipinski definition) is 0. The number of aromatic nitrogens is 1. The summed E-state index contributed by atoms with van der Waals surface area (Å²) in [6.07, 6.45) is 8.52. The van der Waals surface area contributed by atoms with Gasteiger partial charge in [-0.25, -0.2) is 5.57 Å². The predicted octanol–water partition coefficient (Wildman–Crippen LogP) is -1.23. The number of aromatic amines is 1. The normalized spacial score (nSPS) is 19.4. The van der Waals surface area contributed by atoms with Crippen LogP contribution in [0.5, 0.6) is 0 Å². The van der Waals surface area contributed by atoms with Crippen LogP contribution in [0.2, 0.25) is 18.1 Å². The second-order valence-corrected chi connectivity index (χ2v) is 9.54. The van der Waals surface area contributed by atoms with Gasteiger partial charge in [0, 0.05) is 8.80 Å². The summed E-state index contributed by atoms with van der Waals surface area (Å²) in [5.41, 5.74) is 6.89. The molecule has 1 heterocycles. The van der Waals surface area contributed by atoms with E-state index in [1.807, 2.05) is 13.1 Å². The number of hydrogen-bond donors (Lipinski definition) is 1. The van der Waals surface area contributed by atoms with Crippen molar-refractivity contribution in [2.45, 2.75) is 59.7 Å². The largest absolute Gasteiger partial charge is 4.00 e. The summed E-state index contributed by atoms with van der Waals surface area (Å²) < 4.78 is 0. The third-order valence-corrected chi connectivity index (χ3v) is 7.53. The standard InChI is InChI=1S/C11H19Si.C6H8N.2ClH.Ti/c1-8-7-11(4,12(5)6)10(3)9(8)2;1-5-3-7-4-6(5)2;;;/h12H,1-6H3;3,7H,1-2H3;2*1H;/q2*-1;;;+4/p-2. The Balaban J connectivity index is -0.000000317. The summed E-state index contributed by atoms with van der Waals surface area (Å²) in [4.78, 5) is 2.87. The molecule has 0 saturated carbocycles. The van der Waals surface area contributed by atoms with Crippen LogP contribution in [0.1, 0.15) is 38.8 Å². The fourth-order valence-corrected chi connectivity index (χ4v) is 3.87. The number of halogens is 2. The molecule has 22 heavy (non-hydrogen) atoms. The second kappa shape index (κ2) is 10.9. The molecule has 1 nitrogen and oxygen atoms in total. The Morgan fingerprint density at radius 2 is 1.55 bits per heavy atom. The van der Waals surface area contributed by atoms with E-state index < -0.39 is 8.80 Å². The van der Waals surface area contributed by atoms with Crippen LogP contribution in [0, 0.1) is 26.1 Å². The van der Waals surface area contributed by atoms with Crippen LogP contribution in [0.15, 0.2) is 22.9 Å². The van der Waals surface area contributed by atoms with E-state index in [9.17, 15) is 0 Å². The Labute approximate surface area is 165 Å². The molecule has 0 bridgehead atoms. The van der Waals surface area contributed by atoms with E-state index in [2.05, 4.69) is 65.0 Å². The minimum absolute atomic E-state index is 0. The van der Waals surface area contributed by atoms with E-state index in [1.54, 1.807) is 5.57 Å². The van der Waals surface area contributed by atoms with Crippen molar-refractivity contribution in [1.82, 2.24) is 4.98 Å². The zero-order chi connectivity index (χ0) is 14.8. The van der Waals surface area contributed by atoms with Crippen LogP contribution in [0.4, 0.5) is 0 Å². The predicted molar refractivity (Wildman–Crippen MR) is 87.2 cm³/mol. The van der Waals surface area contributed by atoms with E-state index in [1.165, 1.54) is 22.3 Å². The molecule has 1 N–H and O–H groups in total. The Kier molecular flexibility index (Phi) is 13.5. The van der Waals surface area contributed by atoms with Gasteiger partial charge in [-0.3, -0.25) is 6.08 Å². The molecule has 1 unspecified atom stereocenters. The summed E-state index contributed by atoms with van der Waals surface area (Å²) in [6, 6.07) is 0. The van der Waals surface area contributed by atoms with Crippen LogP contribution in [-0.4, -0.2) is 13.8 Å². The van der Waals surface area contributed by atoms with Gasteiger partial charge < -0.3 is 29.8 Å². The smallest absolute Gasteiger partial charge is 1.00 e. The first kappa shape index (κ1) is 27.1. The van der Waals surface area contributed by atoms with Crippen molar-refractivity contribution in [3.05, 3.63) is 46.3 Å². The molecule has 0 radical (unpaired) electrons. The Morgan fingerprint density at radius 3 is 1.68 bits per heavy atom. The van der Waals surface area contributed by atoms with Crippen LogP contribution < -0.4 is 24.8 Å². The van der Waals surface area contributed by atoms with Gasteiger partial charge in [0.2, 0.25) is 0 Å². The molecule has 0 spiro atoms. The molecule has 2 rings (SSSR count). The van der Waals surface area contributed by atoms with E-state index in [0.717, 1.165) is 0 Å². The van der Waals surface area contributed by atoms with Gasteiger partial charge >= 0.3 is 21.7 Å². The van der Waals surface area contributed by atoms with Crippen LogP contribution in [-0.2, 0) is 21.7 Å². The topological polar surface area (TPSA) is 15.8 Å². The molecule has 0 fully saturated rings. The van der Waals surface area contributed by atoms with E-state index >= 15 is 0 Å². The van der Waals surface area contributed by atoms with Crippen molar-refractivity contribution in [2.24, 2.45) is 0 Å². The monoisotopic (exact) mass is 391 g/mol. The van der Waals surface area contributed by atoms with Crippen molar-refractivity contribution in [3.8, 4) is 0 Å². The molecular formula is C17H27Cl2NSiTi. The fourth-order valence-electron chi connectivity index (χ4n) is 2.28. The molecule has 5 heteroatoms. The van der Waals surface area contributed by atoms with Gasteiger partial charge in [0.1, 0.15) is 0 Å². The first-order valence-corrected chi connectivity index (χ1v) is 9.91. The Morgan fingerprint density at radius 1 is 1.05 bits per heavy atom. The number of rotatable bonds is 1. The molecule has 0 saturated heterocycles. The average Bonchev–Trinajstić information content (AvgIpc) is 2.79. The minimum atomic E-state index is -0.663. The Hall–Kier alpha value is 0.271. The van der Waals surface area contributed by atoms with Crippen molar-refractivity contribution in [1.29, 1.82) is 0 Å². The molecule has 1 aliphatic rings. The molecule has 1 aliphatic carbocycles. The SMILES string of the molecule is CC1=[C-]C(C)([SiH](C)C)C(C)=C1C.Cc1[c-][nH]cc1C.[Cl-].[Cl-].[Ti+4]. The van der Waals surface area contributed by atoms with Gasteiger partial charge in [-0.15, -0.1) is 19.3 Å². The zero-order valence-electron chi connectivity index (χ0n) is 14.9. The fraction of sp³-hybridized carbons (Fsp3) is 0.529. The van der Waals surface area contributed by atoms with E-state index in [4.69, 9.17) is 0 Å². The average molecular weight is 392 g/mol. The van der Waals surface area contributed by atoms with E-state index in [0.29, 0.717) is 5.04 Å². The van der Waals surface area contributed by atoms with Crippen LogP contribution >= 0.6 is 0 Å². The first-order chi connectivity index (χ1) is 8.70. The van der Waals surface area contributed by atoms with Gasteiger partial charge in [-0.2, -0.15) is 22.3 Å². The van der Waals surface area contributed by atoms with Crippen molar-refractivity contribution >= 4 is 8.80 Å². The summed E-state index contributed by atoms with van der Waals surface area (Å²) in [5, 5.41) is 0.328. The number of H-pyrrole nitrogens is 1. The molecule has 0 aliphatic heterocycles. The zero-order valence-corrected chi connectivity index (χ0v) is 19.1. The molecule has 1 aromatic heterocycles. The third-order valence-electron chi connectivity index (χ3n) is 4.65. The summed E-state index contributed by atoms with van der Waals surface area (Å²) in [7, 11) is -0.663. The van der Waals surface area contributed by atoms with E-state index in [-0.39, 0.29) is 46.5 Å². The van der Waals surface area contributed by atoms with Gasteiger partial charge in [0.15, 0.2) is 0 Å². The molecule has 1 atom stereocenters. The summed E-state index contributed by atoms with van der Waals surface area (Å²) in [6.45, 7) is 17.9. The first-order valence-electron chi connectivity index (χ1n) is 7.02. The molecule has 0 aromatic carbocycles. The summed E-state index contributed by atoms with van der Waals surface area (Å²) in [5.74, 6) is 0. The minimum Gasteiger partial charge on any atom is -1.00 e. The van der Waals surface area contributed by atoms with Crippen LogP contribution in [0.3, 0.4) is 0 Å². The third kappa shape index (κ3) is 6.05. The maximum Gasteiger partial charge on any atom is 4.00 e. The Bertz CT molecular complexity index is 504. The maximum absolute atomic E-state index is 3.63. The van der Waals surface area contributed by atoms with Gasteiger partial charge in [0.05, 0.1) is 0 Å². The molecule has 122 valence electrons. The molecule has 1 aromatic rings. The number of aryl methyl sites for hydroxylation is 2. The van der Waals surface area contributed by atoms with Gasteiger partial charge in [-0.05, 0) is 0 Å².